The van der Waals surface area contributed by atoms with Crippen LogP contribution in [-0.2, 0) is 6.54 Å². The van der Waals surface area contributed by atoms with Gasteiger partial charge in [-0.1, -0.05) is 48.5 Å². The van der Waals surface area contributed by atoms with Crippen molar-refractivity contribution >= 4 is 23.2 Å². The van der Waals surface area contributed by atoms with Crippen molar-refractivity contribution in [3.8, 4) is 0 Å². The molecule has 0 aliphatic carbocycles. The van der Waals surface area contributed by atoms with E-state index in [1.165, 1.54) is 5.56 Å². The Hall–Kier alpha value is -2.40. The molecule has 1 amide bonds. The molecule has 0 aromatic heterocycles. The standard InChI is InChI=1S/C19H21N3OS/c23-18(17-9-5-2-6-10-17)21-11-13-22(14-12-21)19(24)20-15-16-7-3-1-4-8-16/h1-10H,11-15H2,(H,20,24). The summed E-state index contributed by atoms with van der Waals surface area (Å²) in [4.78, 5) is 16.5. The Labute approximate surface area is 148 Å². The van der Waals surface area contributed by atoms with Crippen LogP contribution < -0.4 is 5.32 Å². The number of nitrogens with one attached hydrogen (secondary N) is 1. The minimum Gasteiger partial charge on any atom is -0.358 e. The fourth-order valence-corrected chi connectivity index (χ4v) is 3.02. The molecule has 3 rings (SSSR count). The van der Waals surface area contributed by atoms with Gasteiger partial charge in [-0.15, -0.1) is 0 Å². The highest BCUT2D eigenvalue weighted by molar-refractivity contribution is 7.80. The molecule has 0 unspecified atom stereocenters. The monoisotopic (exact) mass is 339 g/mol. The molecule has 1 heterocycles. The molecule has 124 valence electrons. The zero-order valence-corrected chi connectivity index (χ0v) is 14.3. The molecule has 1 aliphatic rings. The van der Waals surface area contributed by atoms with Gasteiger partial charge < -0.3 is 15.1 Å². The van der Waals surface area contributed by atoms with Crippen LogP contribution in [0.3, 0.4) is 0 Å². The highest BCUT2D eigenvalue weighted by atomic mass is 32.1. The lowest BCUT2D eigenvalue weighted by molar-refractivity contribution is 0.0691. The fourth-order valence-electron chi connectivity index (χ4n) is 2.76. The van der Waals surface area contributed by atoms with Crippen molar-refractivity contribution < 1.29 is 4.79 Å². The summed E-state index contributed by atoms with van der Waals surface area (Å²) >= 11 is 5.48. The van der Waals surface area contributed by atoms with E-state index < -0.39 is 0 Å². The molecule has 0 atom stereocenters. The topological polar surface area (TPSA) is 35.6 Å². The molecule has 0 spiro atoms. The number of piperazine rings is 1. The minimum atomic E-state index is 0.0958. The zero-order chi connectivity index (χ0) is 16.8. The Morgan fingerprint density at radius 1 is 0.875 bits per heavy atom. The summed E-state index contributed by atoms with van der Waals surface area (Å²) in [5.74, 6) is 0.0958. The molecule has 0 saturated carbocycles. The highest BCUT2D eigenvalue weighted by Gasteiger charge is 2.23. The van der Waals surface area contributed by atoms with E-state index >= 15 is 0 Å². The van der Waals surface area contributed by atoms with Gasteiger partial charge in [-0.25, -0.2) is 0 Å². The van der Waals surface area contributed by atoms with Crippen LogP contribution in [0.2, 0.25) is 0 Å². The molecule has 2 aromatic carbocycles. The van der Waals surface area contributed by atoms with E-state index in [0.29, 0.717) is 13.1 Å². The van der Waals surface area contributed by atoms with Crippen LogP contribution in [0.15, 0.2) is 60.7 Å². The summed E-state index contributed by atoms with van der Waals surface area (Å²) < 4.78 is 0. The van der Waals surface area contributed by atoms with Gasteiger partial charge in [0.15, 0.2) is 5.11 Å². The third-order valence-corrected chi connectivity index (χ3v) is 4.56. The van der Waals surface area contributed by atoms with E-state index in [1.807, 2.05) is 53.4 Å². The lowest BCUT2D eigenvalue weighted by Gasteiger charge is -2.36. The van der Waals surface area contributed by atoms with Gasteiger partial charge in [0, 0.05) is 38.3 Å². The smallest absolute Gasteiger partial charge is 0.253 e. The van der Waals surface area contributed by atoms with E-state index in [9.17, 15) is 4.79 Å². The summed E-state index contributed by atoms with van der Waals surface area (Å²) in [6.45, 7) is 3.64. The third kappa shape index (κ3) is 4.11. The molecule has 1 fully saturated rings. The maximum Gasteiger partial charge on any atom is 0.253 e. The van der Waals surface area contributed by atoms with E-state index in [-0.39, 0.29) is 5.91 Å². The molecule has 1 aliphatic heterocycles. The normalized spacial score (nSPS) is 14.3. The van der Waals surface area contributed by atoms with Crippen LogP contribution in [0.25, 0.3) is 0 Å². The van der Waals surface area contributed by atoms with Gasteiger partial charge in [-0.3, -0.25) is 4.79 Å². The zero-order valence-electron chi connectivity index (χ0n) is 13.5. The lowest BCUT2D eigenvalue weighted by atomic mass is 10.2. The molecule has 4 nitrogen and oxygen atoms in total. The first-order valence-corrected chi connectivity index (χ1v) is 8.56. The first-order chi connectivity index (χ1) is 11.7. The number of hydrogen-bond donors (Lipinski definition) is 1. The van der Waals surface area contributed by atoms with Gasteiger partial charge in [0.2, 0.25) is 0 Å². The minimum absolute atomic E-state index is 0.0958. The van der Waals surface area contributed by atoms with Crippen molar-refractivity contribution in [1.29, 1.82) is 0 Å². The number of rotatable bonds is 3. The van der Waals surface area contributed by atoms with Gasteiger partial charge in [0.05, 0.1) is 0 Å². The molecule has 5 heteroatoms. The van der Waals surface area contributed by atoms with Crippen LogP contribution in [0.4, 0.5) is 0 Å². The summed E-state index contributed by atoms with van der Waals surface area (Å²) in [5.41, 5.74) is 1.95. The van der Waals surface area contributed by atoms with Crippen molar-refractivity contribution in [2.45, 2.75) is 6.54 Å². The summed E-state index contributed by atoms with van der Waals surface area (Å²) in [5, 5.41) is 4.05. The van der Waals surface area contributed by atoms with Crippen molar-refractivity contribution in [2.75, 3.05) is 26.2 Å². The predicted octanol–water partition coefficient (Wildman–Crippen LogP) is 2.52. The Morgan fingerprint density at radius 3 is 2.04 bits per heavy atom. The maximum atomic E-state index is 12.4. The predicted molar refractivity (Wildman–Crippen MR) is 99.8 cm³/mol. The number of carbonyl (C=O) groups excluding carboxylic acids is 1. The van der Waals surface area contributed by atoms with Crippen molar-refractivity contribution in [2.24, 2.45) is 0 Å². The number of nitrogens with zero attached hydrogens (tertiary/aromatic N) is 2. The van der Waals surface area contributed by atoms with Crippen LogP contribution >= 0.6 is 12.2 Å². The van der Waals surface area contributed by atoms with Gasteiger partial charge in [0.1, 0.15) is 0 Å². The Kier molecular flexibility index (Phi) is 5.43. The lowest BCUT2D eigenvalue weighted by Crippen LogP contribution is -2.52. The van der Waals surface area contributed by atoms with Crippen LogP contribution in [0.1, 0.15) is 15.9 Å². The van der Waals surface area contributed by atoms with E-state index in [4.69, 9.17) is 12.2 Å². The quantitative estimate of drug-likeness (QED) is 0.872. The van der Waals surface area contributed by atoms with Gasteiger partial charge in [-0.05, 0) is 29.9 Å². The first-order valence-electron chi connectivity index (χ1n) is 8.15. The fraction of sp³-hybridized carbons (Fsp3) is 0.263. The van der Waals surface area contributed by atoms with Gasteiger partial charge in [0.25, 0.3) is 5.91 Å². The maximum absolute atomic E-state index is 12.4. The van der Waals surface area contributed by atoms with E-state index in [1.54, 1.807) is 0 Å². The first kappa shape index (κ1) is 16.5. The van der Waals surface area contributed by atoms with Crippen LogP contribution in [0.5, 0.6) is 0 Å². The summed E-state index contributed by atoms with van der Waals surface area (Å²) in [6, 6.07) is 19.6. The van der Waals surface area contributed by atoms with E-state index in [0.717, 1.165) is 30.3 Å². The number of benzene rings is 2. The number of carbonyl (C=O) groups is 1. The number of amides is 1. The molecule has 24 heavy (non-hydrogen) atoms. The van der Waals surface area contributed by atoms with Crippen molar-refractivity contribution in [3.05, 3.63) is 71.8 Å². The van der Waals surface area contributed by atoms with Crippen LogP contribution in [-0.4, -0.2) is 47.0 Å². The average Bonchev–Trinajstić information content (AvgIpc) is 2.67. The summed E-state index contributed by atoms with van der Waals surface area (Å²) in [7, 11) is 0. The van der Waals surface area contributed by atoms with Gasteiger partial charge >= 0.3 is 0 Å². The Bertz CT molecular complexity index is 682. The SMILES string of the molecule is O=C(c1ccccc1)N1CCN(C(=S)NCc2ccccc2)CC1. The second-order valence-corrected chi connectivity index (χ2v) is 6.18. The Balaban J connectivity index is 1.48. The molecular formula is C19H21N3OS. The molecule has 0 bridgehead atoms. The third-order valence-electron chi connectivity index (χ3n) is 4.16. The molecular weight excluding hydrogens is 318 g/mol. The molecule has 0 radical (unpaired) electrons. The second kappa shape index (κ2) is 7.93. The Morgan fingerprint density at radius 2 is 1.42 bits per heavy atom. The number of thiocarbonyl (C=S) groups is 1. The largest absolute Gasteiger partial charge is 0.358 e. The average molecular weight is 339 g/mol. The summed E-state index contributed by atoms with van der Waals surface area (Å²) in [6.07, 6.45) is 0. The highest BCUT2D eigenvalue weighted by Crippen LogP contribution is 2.09. The molecule has 1 N–H and O–H groups in total. The van der Waals surface area contributed by atoms with Crippen molar-refractivity contribution in [1.82, 2.24) is 15.1 Å². The van der Waals surface area contributed by atoms with Gasteiger partial charge in [-0.2, -0.15) is 0 Å². The van der Waals surface area contributed by atoms with Crippen LogP contribution in [0, 0.1) is 0 Å². The molecule has 2 aromatic rings. The second-order valence-electron chi connectivity index (χ2n) is 5.79. The van der Waals surface area contributed by atoms with Crippen molar-refractivity contribution in [3.63, 3.8) is 0 Å². The molecule has 1 saturated heterocycles. The van der Waals surface area contributed by atoms with E-state index in [2.05, 4.69) is 22.3 Å². The number of hydrogen-bond acceptors (Lipinski definition) is 2.